The van der Waals surface area contributed by atoms with Crippen LogP contribution in [-0.4, -0.2) is 0 Å². The second-order valence-electron chi connectivity index (χ2n) is 11.1. The van der Waals surface area contributed by atoms with Crippen molar-refractivity contribution >= 4 is 29.7 Å². The second kappa shape index (κ2) is 10.8. The molecule has 5 heteroatoms. The van der Waals surface area contributed by atoms with Crippen molar-refractivity contribution in [3.63, 3.8) is 0 Å². The first kappa shape index (κ1) is 27.0. The summed E-state index contributed by atoms with van der Waals surface area (Å²) in [5.74, 6) is 1.49. The van der Waals surface area contributed by atoms with Gasteiger partial charge in [-0.05, 0) is 0 Å². The van der Waals surface area contributed by atoms with Gasteiger partial charge in [-0.2, -0.15) is 0 Å². The third kappa shape index (κ3) is 4.66. The quantitative estimate of drug-likeness (QED) is 0.175. The van der Waals surface area contributed by atoms with Gasteiger partial charge in [0.15, 0.2) is 0 Å². The van der Waals surface area contributed by atoms with Crippen molar-refractivity contribution in [2.75, 3.05) is 0 Å². The fourth-order valence-corrected chi connectivity index (χ4v) is 15.7. The molecule has 2 aliphatic carbocycles. The first-order chi connectivity index (χ1) is 21.1. The third-order valence-corrected chi connectivity index (χ3v) is 17.4. The molecule has 208 valence electrons. The molecule has 0 heterocycles. The Morgan fingerprint density at radius 3 is 1.26 bits per heavy atom. The summed E-state index contributed by atoms with van der Waals surface area (Å²) in [5, 5.41) is 1.33. The van der Waals surface area contributed by atoms with Crippen LogP contribution in [0.25, 0.3) is 22.3 Å². The zero-order valence-corrected chi connectivity index (χ0v) is 27.2. The SMILES string of the molecule is Clc1ccc([O][Zr]([O]c2ccc(Cl)cc2)([c]2cccc3c2Cc2ccccc2-3)[c]2cccc3c2Cc2ccccc2-3)cc1. The van der Waals surface area contributed by atoms with Gasteiger partial charge in [-0.25, -0.2) is 0 Å². The molecular weight excluding hydrogens is 651 g/mol. The average Bonchev–Trinajstić information content (AvgIpc) is 3.61. The van der Waals surface area contributed by atoms with Gasteiger partial charge in [-0.3, -0.25) is 0 Å². The Labute approximate surface area is 267 Å². The molecule has 6 aromatic rings. The van der Waals surface area contributed by atoms with E-state index in [1.807, 2.05) is 48.5 Å². The minimum absolute atomic E-state index is 0.666. The van der Waals surface area contributed by atoms with Gasteiger partial charge >= 0.3 is 269 Å². The van der Waals surface area contributed by atoms with Crippen LogP contribution in [0.5, 0.6) is 11.5 Å². The molecule has 6 aromatic carbocycles. The van der Waals surface area contributed by atoms with Crippen LogP contribution in [-0.2, 0) is 34.0 Å². The van der Waals surface area contributed by atoms with Gasteiger partial charge in [0.1, 0.15) is 0 Å². The standard InChI is InChI=1S/2C13H9.2C6H5ClO.Zr/c2*1-3-7-12-10(5-1)9-11-6-2-4-8-13(11)12;2*7-5-1-3-6(8)4-2-5;/h2*1-5,7-8H,9H2;2*1-4,8H;/q;;;;+2/p-2. The van der Waals surface area contributed by atoms with Gasteiger partial charge in [-0.15, -0.1) is 0 Å². The van der Waals surface area contributed by atoms with E-state index in [1.165, 1.54) is 51.1 Å². The Kier molecular flexibility index (Phi) is 6.79. The van der Waals surface area contributed by atoms with Gasteiger partial charge < -0.3 is 0 Å². The van der Waals surface area contributed by atoms with Crippen molar-refractivity contribution in [3.8, 4) is 33.8 Å². The summed E-state index contributed by atoms with van der Waals surface area (Å²) in [5.41, 5.74) is 10.3. The van der Waals surface area contributed by atoms with Crippen LogP contribution in [0.3, 0.4) is 0 Å². The molecule has 0 amide bonds. The fraction of sp³-hybridized carbons (Fsp3) is 0.0526. The van der Waals surface area contributed by atoms with Gasteiger partial charge in [0, 0.05) is 0 Å². The van der Waals surface area contributed by atoms with Crippen LogP contribution in [0.15, 0.2) is 133 Å². The number of hydrogen-bond donors (Lipinski definition) is 0. The van der Waals surface area contributed by atoms with Gasteiger partial charge in [0.25, 0.3) is 0 Å². The Morgan fingerprint density at radius 2 is 0.814 bits per heavy atom. The Bertz CT molecular complexity index is 1850. The molecule has 0 spiro atoms. The first-order valence-electron chi connectivity index (χ1n) is 14.4. The van der Waals surface area contributed by atoms with Crippen LogP contribution in [0.2, 0.25) is 10.0 Å². The van der Waals surface area contributed by atoms with E-state index in [9.17, 15) is 0 Å². The van der Waals surface area contributed by atoms with Crippen LogP contribution < -0.4 is 12.2 Å². The summed E-state index contributed by atoms with van der Waals surface area (Å²) >= 11 is 8.00. The maximum absolute atomic E-state index is 7.41. The van der Waals surface area contributed by atoms with E-state index in [-0.39, 0.29) is 0 Å². The van der Waals surface area contributed by atoms with Crippen molar-refractivity contribution < 1.29 is 26.8 Å². The van der Waals surface area contributed by atoms with Gasteiger partial charge in [-0.1, -0.05) is 0 Å². The third-order valence-electron chi connectivity index (χ3n) is 8.56. The molecule has 0 radical (unpaired) electrons. The van der Waals surface area contributed by atoms with E-state index in [1.54, 1.807) is 0 Å². The average molecular weight is 677 g/mol. The normalized spacial score (nSPS) is 12.7. The predicted octanol–water partition coefficient (Wildman–Crippen LogP) is 9.23. The van der Waals surface area contributed by atoms with Crippen molar-refractivity contribution in [2.45, 2.75) is 12.8 Å². The predicted molar refractivity (Wildman–Crippen MR) is 173 cm³/mol. The summed E-state index contributed by atoms with van der Waals surface area (Å²) in [7, 11) is 0. The topological polar surface area (TPSA) is 18.5 Å². The number of benzene rings is 6. The number of halogens is 2. The molecule has 0 bridgehead atoms. The van der Waals surface area contributed by atoms with E-state index in [0.29, 0.717) is 10.0 Å². The van der Waals surface area contributed by atoms with E-state index >= 15 is 0 Å². The fourth-order valence-electron chi connectivity index (χ4n) is 6.65. The number of fused-ring (bicyclic) bond motifs is 6. The molecule has 0 saturated heterocycles. The van der Waals surface area contributed by atoms with Crippen LogP contribution in [0, 0.1) is 0 Å². The number of rotatable bonds is 6. The molecule has 8 rings (SSSR count). The van der Waals surface area contributed by atoms with Crippen molar-refractivity contribution in [1.82, 2.24) is 0 Å². The van der Waals surface area contributed by atoms with Crippen molar-refractivity contribution in [2.24, 2.45) is 0 Å². The number of hydrogen-bond acceptors (Lipinski definition) is 2. The maximum atomic E-state index is 7.41. The van der Waals surface area contributed by atoms with Crippen molar-refractivity contribution in [3.05, 3.63) is 166 Å². The Hall–Kier alpha value is -3.62. The molecule has 2 aliphatic rings. The minimum atomic E-state index is -4.67. The van der Waals surface area contributed by atoms with Crippen LogP contribution in [0.4, 0.5) is 0 Å². The van der Waals surface area contributed by atoms with Gasteiger partial charge in [0.05, 0.1) is 0 Å². The summed E-state index contributed by atoms with van der Waals surface area (Å²) in [6, 6.07) is 46.0. The molecule has 43 heavy (non-hydrogen) atoms. The van der Waals surface area contributed by atoms with Crippen LogP contribution in [0.1, 0.15) is 22.3 Å². The monoisotopic (exact) mass is 674 g/mol. The van der Waals surface area contributed by atoms with Gasteiger partial charge in [0.2, 0.25) is 0 Å². The molecule has 0 aliphatic heterocycles. The molecule has 0 aromatic heterocycles. The summed E-state index contributed by atoms with van der Waals surface area (Å²) < 4.78 is 17.2. The molecule has 0 unspecified atom stereocenters. The summed E-state index contributed by atoms with van der Waals surface area (Å²) in [6.07, 6.45) is 1.67. The van der Waals surface area contributed by atoms with Crippen molar-refractivity contribution in [1.29, 1.82) is 0 Å². The van der Waals surface area contributed by atoms with E-state index in [0.717, 1.165) is 24.3 Å². The summed E-state index contributed by atoms with van der Waals surface area (Å²) in [6.45, 7) is 0. The first-order valence-corrected chi connectivity index (χ1v) is 19.6. The molecule has 0 N–H and O–H groups in total. The van der Waals surface area contributed by atoms with E-state index < -0.39 is 21.1 Å². The molecule has 0 atom stereocenters. The molecule has 2 nitrogen and oxygen atoms in total. The molecule has 0 fully saturated rings. The second-order valence-corrected chi connectivity index (χ2v) is 18.6. The van der Waals surface area contributed by atoms with E-state index in [2.05, 4.69) is 84.9 Å². The van der Waals surface area contributed by atoms with Crippen LogP contribution >= 0.6 is 23.2 Å². The zero-order chi connectivity index (χ0) is 29.0. The van der Waals surface area contributed by atoms with E-state index in [4.69, 9.17) is 28.8 Å². The Balaban J connectivity index is 1.42. The molecular formula is C38H26Cl2O2Zr. The summed E-state index contributed by atoms with van der Waals surface area (Å²) in [4.78, 5) is 0. The Morgan fingerprint density at radius 1 is 0.419 bits per heavy atom. The molecule has 0 saturated carbocycles. The zero-order valence-electron chi connectivity index (χ0n) is 23.2.